The van der Waals surface area contributed by atoms with E-state index in [-0.39, 0.29) is 11.7 Å². The predicted molar refractivity (Wildman–Crippen MR) is 79.3 cm³/mol. The first-order chi connectivity index (χ1) is 9.58. The molecule has 1 amide bonds. The van der Waals surface area contributed by atoms with Crippen LogP contribution in [0.4, 0.5) is 0 Å². The van der Waals surface area contributed by atoms with Gasteiger partial charge in [-0.1, -0.05) is 18.5 Å². The van der Waals surface area contributed by atoms with Crippen LogP contribution >= 0.6 is 11.6 Å². The number of phenols is 1. The molecular formula is C14H21ClN2O3. The van der Waals surface area contributed by atoms with Gasteiger partial charge < -0.3 is 20.5 Å². The smallest absolute Gasteiger partial charge is 0.221 e. The van der Waals surface area contributed by atoms with E-state index in [1.54, 1.807) is 12.1 Å². The zero-order valence-corrected chi connectivity index (χ0v) is 12.6. The van der Waals surface area contributed by atoms with Crippen LogP contribution in [0.25, 0.3) is 0 Å². The number of halogens is 1. The van der Waals surface area contributed by atoms with Gasteiger partial charge in [0.1, 0.15) is 0 Å². The van der Waals surface area contributed by atoms with E-state index in [0.29, 0.717) is 42.4 Å². The first-order valence-electron chi connectivity index (χ1n) is 6.61. The van der Waals surface area contributed by atoms with E-state index in [1.165, 1.54) is 7.11 Å². The van der Waals surface area contributed by atoms with Crippen molar-refractivity contribution in [3.8, 4) is 11.5 Å². The van der Waals surface area contributed by atoms with Crippen molar-refractivity contribution in [1.29, 1.82) is 0 Å². The molecular weight excluding hydrogens is 280 g/mol. The molecule has 0 saturated carbocycles. The second kappa shape index (κ2) is 8.66. The topological polar surface area (TPSA) is 70.6 Å². The Labute approximate surface area is 124 Å². The number of hydrogen-bond donors (Lipinski definition) is 3. The summed E-state index contributed by atoms with van der Waals surface area (Å²) in [7, 11) is 1.47. The number of rotatable bonds is 8. The summed E-state index contributed by atoms with van der Waals surface area (Å²) in [5.74, 6) is 0.432. The molecule has 0 aliphatic rings. The number of methoxy groups -OCH3 is 1. The number of benzene rings is 1. The van der Waals surface area contributed by atoms with Gasteiger partial charge in [-0.25, -0.2) is 0 Å². The quantitative estimate of drug-likeness (QED) is 0.643. The van der Waals surface area contributed by atoms with Crippen molar-refractivity contribution in [3.05, 3.63) is 22.7 Å². The van der Waals surface area contributed by atoms with Crippen molar-refractivity contribution in [1.82, 2.24) is 10.6 Å². The van der Waals surface area contributed by atoms with Gasteiger partial charge in [0.2, 0.25) is 5.91 Å². The lowest BCUT2D eigenvalue weighted by Gasteiger charge is -2.11. The molecule has 0 aromatic heterocycles. The Hall–Kier alpha value is -1.46. The minimum absolute atomic E-state index is 0.0206. The van der Waals surface area contributed by atoms with Gasteiger partial charge in [0.25, 0.3) is 0 Å². The molecule has 5 nitrogen and oxygen atoms in total. The number of ether oxygens (including phenoxy) is 1. The SMILES string of the molecule is CCCNC(=O)CCNCc1cc(Cl)cc(OC)c1O. The number of hydrogen-bond acceptors (Lipinski definition) is 4. The van der Waals surface area contributed by atoms with Crippen molar-refractivity contribution in [2.24, 2.45) is 0 Å². The van der Waals surface area contributed by atoms with E-state index >= 15 is 0 Å². The van der Waals surface area contributed by atoms with Crippen molar-refractivity contribution in [3.63, 3.8) is 0 Å². The van der Waals surface area contributed by atoms with Crippen molar-refractivity contribution in [2.75, 3.05) is 20.2 Å². The molecule has 0 radical (unpaired) electrons. The van der Waals surface area contributed by atoms with Crippen LogP contribution in [0.3, 0.4) is 0 Å². The predicted octanol–water partition coefficient (Wildman–Crippen LogP) is 2.06. The highest BCUT2D eigenvalue weighted by Gasteiger charge is 2.09. The summed E-state index contributed by atoms with van der Waals surface area (Å²) in [5, 5.41) is 16.3. The highest BCUT2D eigenvalue weighted by Crippen LogP contribution is 2.33. The molecule has 20 heavy (non-hydrogen) atoms. The van der Waals surface area contributed by atoms with Crippen LogP contribution in [-0.4, -0.2) is 31.2 Å². The zero-order chi connectivity index (χ0) is 15.0. The summed E-state index contributed by atoms with van der Waals surface area (Å²) in [6, 6.07) is 3.22. The summed E-state index contributed by atoms with van der Waals surface area (Å²) < 4.78 is 5.03. The highest BCUT2D eigenvalue weighted by molar-refractivity contribution is 6.30. The van der Waals surface area contributed by atoms with Gasteiger partial charge in [0, 0.05) is 42.7 Å². The molecule has 1 aromatic carbocycles. The lowest BCUT2D eigenvalue weighted by atomic mass is 10.2. The Morgan fingerprint density at radius 1 is 1.40 bits per heavy atom. The fourth-order valence-corrected chi connectivity index (χ4v) is 1.93. The Morgan fingerprint density at radius 2 is 2.15 bits per heavy atom. The van der Waals surface area contributed by atoms with Crippen molar-refractivity contribution in [2.45, 2.75) is 26.3 Å². The lowest BCUT2D eigenvalue weighted by molar-refractivity contribution is -0.120. The fraction of sp³-hybridized carbons (Fsp3) is 0.500. The van der Waals surface area contributed by atoms with E-state index in [2.05, 4.69) is 10.6 Å². The molecule has 1 rings (SSSR count). The zero-order valence-electron chi connectivity index (χ0n) is 11.8. The Morgan fingerprint density at radius 3 is 2.80 bits per heavy atom. The van der Waals surface area contributed by atoms with Crippen LogP contribution in [0.1, 0.15) is 25.3 Å². The summed E-state index contributed by atoms with van der Waals surface area (Å²) in [6.45, 7) is 3.66. The summed E-state index contributed by atoms with van der Waals surface area (Å²) in [5.41, 5.74) is 0.642. The van der Waals surface area contributed by atoms with Crippen LogP contribution in [0.5, 0.6) is 11.5 Å². The summed E-state index contributed by atoms with van der Waals surface area (Å²) >= 11 is 5.94. The first-order valence-corrected chi connectivity index (χ1v) is 6.99. The lowest BCUT2D eigenvalue weighted by Crippen LogP contribution is -2.28. The average molecular weight is 301 g/mol. The fourth-order valence-electron chi connectivity index (χ4n) is 1.70. The molecule has 0 aliphatic carbocycles. The molecule has 0 bridgehead atoms. The van der Waals surface area contributed by atoms with Gasteiger partial charge in [-0.2, -0.15) is 0 Å². The first kappa shape index (κ1) is 16.6. The minimum atomic E-state index is 0.0206. The molecule has 0 atom stereocenters. The Kier molecular flexibility index (Phi) is 7.18. The molecule has 3 N–H and O–H groups in total. The molecule has 0 unspecified atom stereocenters. The number of phenolic OH excluding ortho intramolecular Hbond substituents is 1. The van der Waals surface area contributed by atoms with Crippen LogP contribution in [-0.2, 0) is 11.3 Å². The van der Waals surface area contributed by atoms with E-state index < -0.39 is 0 Å². The molecule has 1 aromatic rings. The normalized spacial score (nSPS) is 10.3. The highest BCUT2D eigenvalue weighted by atomic mass is 35.5. The number of carbonyl (C=O) groups is 1. The van der Waals surface area contributed by atoms with Gasteiger partial charge in [0.05, 0.1) is 7.11 Å². The molecule has 0 heterocycles. The van der Waals surface area contributed by atoms with Crippen molar-refractivity contribution < 1.29 is 14.6 Å². The van der Waals surface area contributed by atoms with Crippen LogP contribution in [0.2, 0.25) is 5.02 Å². The van der Waals surface area contributed by atoms with Gasteiger partial charge in [-0.3, -0.25) is 4.79 Å². The van der Waals surface area contributed by atoms with Gasteiger partial charge in [-0.15, -0.1) is 0 Å². The van der Waals surface area contributed by atoms with E-state index in [0.717, 1.165) is 6.42 Å². The van der Waals surface area contributed by atoms with Gasteiger partial charge in [0.15, 0.2) is 11.5 Å². The molecule has 0 aliphatic heterocycles. The number of carbonyl (C=O) groups excluding carboxylic acids is 1. The summed E-state index contributed by atoms with van der Waals surface area (Å²) in [4.78, 5) is 11.4. The third kappa shape index (κ3) is 5.27. The summed E-state index contributed by atoms with van der Waals surface area (Å²) in [6.07, 6.45) is 1.33. The third-order valence-electron chi connectivity index (χ3n) is 2.76. The van der Waals surface area contributed by atoms with Crippen LogP contribution in [0.15, 0.2) is 12.1 Å². The monoisotopic (exact) mass is 300 g/mol. The van der Waals surface area contributed by atoms with E-state index in [4.69, 9.17) is 16.3 Å². The Balaban J connectivity index is 2.42. The minimum Gasteiger partial charge on any atom is -0.504 e. The number of nitrogens with one attached hydrogen (secondary N) is 2. The molecule has 0 saturated heterocycles. The molecule has 0 fully saturated rings. The number of aromatic hydroxyl groups is 1. The Bertz CT molecular complexity index is 452. The van der Waals surface area contributed by atoms with Gasteiger partial charge in [-0.05, 0) is 12.5 Å². The van der Waals surface area contributed by atoms with E-state index in [9.17, 15) is 9.90 Å². The average Bonchev–Trinajstić information content (AvgIpc) is 2.44. The second-order valence-electron chi connectivity index (χ2n) is 4.39. The van der Waals surface area contributed by atoms with Crippen LogP contribution < -0.4 is 15.4 Å². The second-order valence-corrected chi connectivity index (χ2v) is 4.83. The molecule has 6 heteroatoms. The largest absolute Gasteiger partial charge is 0.504 e. The maximum atomic E-state index is 11.4. The standard InChI is InChI=1S/C14H21ClN2O3/c1-3-5-17-13(18)4-6-16-9-10-7-11(15)8-12(20-2)14(10)19/h7-8,16,19H,3-6,9H2,1-2H3,(H,17,18). The third-order valence-corrected chi connectivity index (χ3v) is 2.97. The van der Waals surface area contributed by atoms with Crippen molar-refractivity contribution >= 4 is 17.5 Å². The molecule has 0 spiro atoms. The number of amides is 1. The van der Waals surface area contributed by atoms with E-state index in [1.807, 2.05) is 6.92 Å². The molecule has 112 valence electrons. The van der Waals surface area contributed by atoms with Crippen LogP contribution in [0, 0.1) is 0 Å². The van der Waals surface area contributed by atoms with Gasteiger partial charge >= 0.3 is 0 Å². The maximum Gasteiger partial charge on any atom is 0.221 e. The maximum absolute atomic E-state index is 11.4.